The van der Waals surface area contributed by atoms with Gasteiger partial charge in [0.1, 0.15) is 6.10 Å². The van der Waals surface area contributed by atoms with Crippen molar-refractivity contribution in [3.8, 4) is 0 Å². The second-order valence-corrected chi connectivity index (χ2v) is 4.89. The van der Waals surface area contributed by atoms with Gasteiger partial charge in [-0.2, -0.15) is 11.3 Å². The molecule has 2 rings (SSSR count). The lowest BCUT2D eigenvalue weighted by molar-refractivity contribution is -0.129. The van der Waals surface area contributed by atoms with Crippen molar-refractivity contribution >= 4 is 17.1 Å². The van der Waals surface area contributed by atoms with Crippen molar-refractivity contribution in [1.82, 2.24) is 0 Å². The van der Waals surface area contributed by atoms with E-state index in [-0.39, 0.29) is 18.0 Å². The SMILES string of the molecule is CC1CCC(C(=O)CCc2ccsc2)O1. The summed E-state index contributed by atoms with van der Waals surface area (Å²) >= 11 is 1.68. The predicted octanol–water partition coefficient (Wildman–Crippen LogP) is 2.82. The summed E-state index contributed by atoms with van der Waals surface area (Å²) in [5, 5.41) is 4.15. The van der Waals surface area contributed by atoms with Crippen LogP contribution in [-0.4, -0.2) is 18.0 Å². The van der Waals surface area contributed by atoms with E-state index in [0.717, 1.165) is 19.3 Å². The molecule has 2 atom stereocenters. The van der Waals surface area contributed by atoms with E-state index < -0.39 is 0 Å². The number of Topliss-reactive ketones (excluding diaryl/α,β-unsaturated/α-hetero) is 1. The summed E-state index contributed by atoms with van der Waals surface area (Å²) in [5.41, 5.74) is 1.26. The van der Waals surface area contributed by atoms with Crippen LogP contribution < -0.4 is 0 Å². The number of thiophene rings is 1. The van der Waals surface area contributed by atoms with Gasteiger partial charge in [0.05, 0.1) is 6.10 Å². The van der Waals surface area contributed by atoms with Crippen molar-refractivity contribution in [3.05, 3.63) is 22.4 Å². The highest BCUT2D eigenvalue weighted by atomic mass is 32.1. The minimum Gasteiger partial charge on any atom is -0.368 e. The van der Waals surface area contributed by atoms with Gasteiger partial charge in [-0.3, -0.25) is 4.79 Å². The highest BCUT2D eigenvalue weighted by Gasteiger charge is 2.27. The van der Waals surface area contributed by atoms with Crippen molar-refractivity contribution in [1.29, 1.82) is 0 Å². The van der Waals surface area contributed by atoms with Gasteiger partial charge in [0.25, 0.3) is 0 Å². The monoisotopic (exact) mass is 224 g/mol. The normalized spacial score (nSPS) is 25.7. The molecule has 1 aliphatic heterocycles. The number of hydrogen-bond acceptors (Lipinski definition) is 3. The first-order chi connectivity index (χ1) is 7.25. The average Bonchev–Trinajstić information content (AvgIpc) is 2.84. The van der Waals surface area contributed by atoms with Crippen LogP contribution in [0.3, 0.4) is 0 Å². The molecule has 1 fully saturated rings. The number of carbonyl (C=O) groups is 1. The first kappa shape index (κ1) is 10.8. The van der Waals surface area contributed by atoms with Crippen LogP contribution in [-0.2, 0) is 16.0 Å². The quantitative estimate of drug-likeness (QED) is 0.786. The molecular weight excluding hydrogens is 208 g/mol. The molecule has 2 nitrogen and oxygen atoms in total. The highest BCUT2D eigenvalue weighted by Crippen LogP contribution is 2.21. The zero-order valence-corrected chi connectivity index (χ0v) is 9.76. The Bertz CT molecular complexity index is 318. The molecule has 1 saturated heterocycles. The molecule has 1 aliphatic rings. The van der Waals surface area contributed by atoms with E-state index in [4.69, 9.17) is 4.74 Å². The lowest BCUT2D eigenvalue weighted by Crippen LogP contribution is -2.20. The van der Waals surface area contributed by atoms with E-state index in [1.165, 1.54) is 5.56 Å². The summed E-state index contributed by atoms with van der Waals surface area (Å²) in [6, 6.07) is 2.08. The van der Waals surface area contributed by atoms with Crippen molar-refractivity contribution in [2.45, 2.75) is 44.8 Å². The summed E-state index contributed by atoms with van der Waals surface area (Å²) in [6.45, 7) is 2.03. The molecule has 0 aromatic carbocycles. The van der Waals surface area contributed by atoms with Crippen molar-refractivity contribution < 1.29 is 9.53 Å². The Morgan fingerprint density at radius 1 is 1.60 bits per heavy atom. The first-order valence-corrected chi connectivity index (χ1v) is 6.39. The van der Waals surface area contributed by atoms with Crippen LogP contribution in [0.2, 0.25) is 0 Å². The fourth-order valence-electron chi connectivity index (χ4n) is 1.90. The lowest BCUT2D eigenvalue weighted by Gasteiger charge is -2.09. The van der Waals surface area contributed by atoms with Gasteiger partial charge in [-0.1, -0.05) is 0 Å². The fourth-order valence-corrected chi connectivity index (χ4v) is 2.61. The van der Waals surface area contributed by atoms with Gasteiger partial charge in [-0.15, -0.1) is 0 Å². The largest absolute Gasteiger partial charge is 0.368 e. The Morgan fingerprint density at radius 2 is 2.47 bits per heavy atom. The summed E-state index contributed by atoms with van der Waals surface area (Å²) < 4.78 is 5.55. The summed E-state index contributed by atoms with van der Waals surface area (Å²) in [6.07, 6.45) is 3.54. The molecule has 0 radical (unpaired) electrons. The van der Waals surface area contributed by atoms with Crippen molar-refractivity contribution in [2.75, 3.05) is 0 Å². The van der Waals surface area contributed by atoms with Crippen molar-refractivity contribution in [3.63, 3.8) is 0 Å². The maximum absolute atomic E-state index is 11.8. The number of ether oxygens (including phenoxy) is 1. The Morgan fingerprint density at radius 3 is 3.07 bits per heavy atom. The Balaban J connectivity index is 1.78. The fraction of sp³-hybridized carbons (Fsp3) is 0.583. The topological polar surface area (TPSA) is 26.3 Å². The van der Waals surface area contributed by atoms with E-state index >= 15 is 0 Å². The number of aryl methyl sites for hydroxylation is 1. The third kappa shape index (κ3) is 2.89. The van der Waals surface area contributed by atoms with Gasteiger partial charge >= 0.3 is 0 Å². The van der Waals surface area contributed by atoms with E-state index in [0.29, 0.717) is 6.42 Å². The molecule has 1 aromatic heterocycles. The Kier molecular flexibility index (Phi) is 3.54. The van der Waals surface area contributed by atoms with E-state index in [1.807, 2.05) is 12.3 Å². The smallest absolute Gasteiger partial charge is 0.161 e. The van der Waals surface area contributed by atoms with E-state index in [1.54, 1.807) is 11.3 Å². The Labute approximate surface area is 94.3 Å². The number of ketones is 1. The summed E-state index contributed by atoms with van der Waals surface area (Å²) in [4.78, 5) is 11.8. The third-order valence-electron chi connectivity index (χ3n) is 2.83. The zero-order chi connectivity index (χ0) is 10.7. The zero-order valence-electron chi connectivity index (χ0n) is 8.94. The second-order valence-electron chi connectivity index (χ2n) is 4.11. The summed E-state index contributed by atoms with van der Waals surface area (Å²) in [7, 11) is 0. The van der Waals surface area contributed by atoms with E-state index in [9.17, 15) is 4.79 Å². The third-order valence-corrected chi connectivity index (χ3v) is 3.56. The molecule has 0 aliphatic carbocycles. The van der Waals surface area contributed by atoms with E-state index in [2.05, 4.69) is 11.4 Å². The first-order valence-electron chi connectivity index (χ1n) is 5.45. The van der Waals surface area contributed by atoms with Gasteiger partial charge in [0, 0.05) is 6.42 Å². The second kappa shape index (κ2) is 4.90. The van der Waals surface area contributed by atoms with Crippen molar-refractivity contribution in [2.24, 2.45) is 0 Å². The summed E-state index contributed by atoms with van der Waals surface area (Å²) in [5.74, 6) is 0.269. The van der Waals surface area contributed by atoms with Gasteiger partial charge in [0.2, 0.25) is 0 Å². The molecule has 15 heavy (non-hydrogen) atoms. The molecule has 0 amide bonds. The van der Waals surface area contributed by atoms with Crippen LogP contribution in [0.15, 0.2) is 16.8 Å². The maximum Gasteiger partial charge on any atom is 0.161 e. The molecular formula is C12H16O2S. The highest BCUT2D eigenvalue weighted by molar-refractivity contribution is 7.07. The van der Waals surface area contributed by atoms with Crippen LogP contribution >= 0.6 is 11.3 Å². The van der Waals surface area contributed by atoms with Gasteiger partial charge in [-0.25, -0.2) is 0 Å². The molecule has 0 bridgehead atoms. The molecule has 0 spiro atoms. The minimum absolute atomic E-state index is 0.126. The van der Waals surface area contributed by atoms with Crippen LogP contribution in [0, 0.1) is 0 Å². The lowest BCUT2D eigenvalue weighted by atomic mass is 10.1. The molecule has 2 heterocycles. The molecule has 3 heteroatoms. The molecule has 0 saturated carbocycles. The van der Waals surface area contributed by atoms with Gasteiger partial charge in [0.15, 0.2) is 5.78 Å². The standard InChI is InChI=1S/C12H16O2S/c1-9-2-5-12(14-9)11(13)4-3-10-6-7-15-8-10/h6-9,12H,2-5H2,1H3. The molecule has 1 aromatic rings. The van der Waals surface area contributed by atoms with Gasteiger partial charge in [-0.05, 0) is 48.6 Å². The molecule has 82 valence electrons. The molecule has 0 N–H and O–H groups in total. The maximum atomic E-state index is 11.8. The number of hydrogen-bond donors (Lipinski definition) is 0. The predicted molar refractivity (Wildman–Crippen MR) is 61.2 cm³/mol. The van der Waals surface area contributed by atoms with Crippen LogP contribution in [0.25, 0.3) is 0 Å². The average molecular weight is 224 g/mol. The number of rotatable bonds is 4. The van der Waals surface area contributed by atoms with Crippen LogP contribution in [0.5, 0.6) is 0 Å². The Hall–Kier alpha value is -0.670. The molecule has 2 unspecified atom stereocenters. The minimum atomic E-state index is -0.126. The number of carbonyl (C=O) groups excluding carboxylic acids is 1. The van der Waals surface area contributed by atoms with Crippen LogP contribution in [0.1, 0.15) is 31.7 Å². The van der Waals surface area contributed by atoms with Gasteiger partial charge < -0.3 is 4.74 Å². The van der Waals surface area contributed by atoms with Crippen LogP contribution in [0.4, 0.5) is 0 Å².